The van der Waals surface area contributed by atoms with Crippen LogP contribution in [-0.2, 0) is 4.79 Å². The van der Waals surface area contributed by atoms with Crippen molar-refractivity contribution in [1.82, 2.24) is 0 Å². The fourth-order valence-electron chi connectivity index (χ4n) is 1.64. The maximum absolute atomic E-state index is 11.8. The van der Waals surface area contributed by atoms with E-state index in [0.29, 0.717) is 23.1 Å². The molecule has 0 aliphatic rings. The van der Waals surface area contributed by atoms with Crippen molar-refractivity contribution in [2.75, 3.05) is 0 Å². The van der Waals surface area contributed by atoms with Crippen molar-refractivity contribution in [2.24, 2.45) is 5.41 Å². The summed E-state index contributed by atoms with van der Waals surface area (Å²) in [6, 6.07) is 5.55. The Morgan fingerprint density at radius 2 is 1.94 bits per heavy atom. The van der Waals surface area contributed by atoms with Crippen molar-refractivity contribution in [3.8, 4) is 5.75 Å². The molecule has 0 fully saturated rings. The van der Waals surface area contributed by atoms with E-state index in [2.05, 4.69) is 13.8 Å². The molecule has 1 rings (SSSR count). The second kappa shape index (κ2) is 5.75. The third kappa shape index (κ3) is 4.34. The molecule has 0 saturated heterocycles. The summed E-state index contributed by atoms with van der Waals surface area (Å²) in [5, 5.41) is 0.537. The average Bonchev–Trinajstić information content (AvgIpc) is 2.17. The Hall–Kier alpha value is -1.02. The van der Waals surface area contributed by atoms with Gasteiger partial charge in [0.05, 0.1) is 11.4 Å². The molecule has 18 heavy (non-hydrogen) atoms. The van der Waals surface area contributed by atoms with Crippen LogP contribution in [0.5, 0.6) is 5.75 Å². The topological polar surface area (TPSA) is 26.3 Å². The van der Waals surface area contributed by atoms with E-state index in [4.69, 9.17) is 16.3 Å². The first-order valence-electron chi connectivity index (χ1n) is 6.20. The highest BCUT2D eigenvalue weighted by Crippen LogP contribution is 2.33. The molecule has 0 N–H and O–H groups in total. The minimum Gasteiger partial charge on any atom is -0.425 e. The largest absolute Gasteiger partial charge is 0.425 e. The molecule has 3 heteroatoms. The van der Waals surface area contributed by atoms with E-state index in [1.54, 1.807) is 6.07 Å². The smallest absolute Gasteiger partial charge is 0.311 e. The molecule has 0 amide bonds. The van der Waals surface area contributed by atoms with Crippen LogP contribution in [0.1, 0.15) is 52.5 Å². The van der Waals surface area contributed by atoms with E-state index in [1.165, 1.54) is 0 Å². The minimum absolute atomic E-state index is 0.0841. The maximum Gasteiger partial charge on any atom is 0.311 e. The molecule has 0 unspecified atom stereocenters. The van der Waals surface area contributed by atoms with Crippen LogP contribution in [0.3, 0.4) is 0 Å². The Labute approximate surface area is 114 Å². The van der Waals surface area contributed by atoms with Gasteiger partial charge in [0.15, 0.2) is 0 Å². The molecule has 0 radical (unpaired) electrons. The van der Waals surface area contributed by atoms with E-state index in [9.17, 15) is 4.79 Å². The van der Waals surface area contributed by atoms with Gasteiger partial charge in [-0.05, 0) is 23.0 Å². The summed E-state index contributed by atoms with van der Waals surface area (Å²) in [7, 11) is 0. The Kier molecular flexibility index (Phi) is 4.80. The van der Waals surface area contributed by atoms with Crippen molar-refractivity contribution >= 4 is 17.6 Å². The molecule has 2 nitrogen and oxygen atoms in total. The molecule has 0 atom stereocenters. The molecule has 0 heterocycles. The summed E-state index contributed by atoms with van der Waals surface area (Å²) >= 11 is 6.24. The second-order valence-corrected chi connectivity index (χ2v) is 6.40. The normalized spacial score (nSPS) is 11.7. The first-order chi connectivity index (χ1) is 8.20. The number of carbonyl (C=O) groups excluding carboxylic acids is 1. The van der Waals surface area contributed by atoms with Gasteiger partial charge in [-0.3, -0.25) is 4.79 Å². The minimum atomic E-state index is -0.245. The van der Waals surface area contributed by atoms with Crippen LogP contribution in [0, 0.1) is 5.41 Å². The maximum atomic E-state index is 11.8. The molecular weight excluding hydrogens is 248 g/mol. The Balaban J connectivity index is 2.86. The van der Waals surface area contributed by atoms with Crippen molar-refractivity contribution in [2.45, 2.75) is 47.0 Å². The van der Waals surface area contributed by atoms with Crippen LogP contribution in [0.25, 0.3) is 0 Å². The molecule has 1 aromatic carbocycles. The molecular formula is C15H21ClO2. The second-order valence-electron chi connectivity index (χ2n) is 6.03. The average molecular weight is 269 g/mol. The highest BCUT2D eigenvalue weighted by atomic mass is 35.5. The Morgan fingerprint density at radius 1 is 1.33 bits per heavy atom. The number of carbonyl (C=O) groups is 1. The van der Waals surface area contributed by atoms with E-state index in [0.717, 1.165) is 5.56 Å². The van der Waals surface area contributed by atoms with Crippen LogP contribution in [-0.4, -0.2) is 5.97 Å². The first-order valence-corrected chi connectivity index (χ1v) is 6.57. The number of hydrogen-bond acceptors (Lipinski definition) is 2. The molecule has 0 bridgehead atoms. The van der Waals surface area contributed by atoms with Gasteiger partial charge in [-0.2, -0.15) is 0 Å². The molecule has 0 aromatic heterocycles. The lowest BCUT2D eigenvalue weighted by atomic mass is 9.92. The summed E-state index contributed by atoms with van der Waals surface area (Å²) in [5.41, 5.74) is 0.914. The van der Waals surface area contributed by atoms with Crippen LogP contribution in [0.15, 0.2) is 18.2 Å². The number of hydrogen-bond donors (Lipinski definition) is 0. The Bertz CT molecular complexity index is 431. The van der Waals surface area contributed by atoms with E-state index in [1.807, 2.05) is 32.9 Å². The summed E-state index contributed by atoms with van der Waals surface area (Å²) in [4.78, 5) is 11.8. The van der Waals surface area contributed by atoms with Gasteiger partial charge in [-0.1, -0.05) is 58.4 Å². The molecule has 1 aromatic rings. The van der Waals surface area contributed by atoms with E-state index < -0.39 is 0 Å². The van der Waals surface area contributed by atoms with Gasteiger partial charge in [-0.15, -0.1) is 0 Å². The third-order valence-electron chi connectivity index (χ3n) is 2.51. The first kappa shape index (κ1) is 15.0. The van der Waals surface area contributed by atoms with Crippen molar-refractivity contribution in [1.29, 1.82) is 0 Å². The standard InChI is InChI=1S/C15H21ClO2/c1-10(2)11-7-6-8-12(14(11)16)18-13(17)9-15(3,4)5/h6-8,10H,9H2,1-5H3. The highest BCUT2D eigenvalue weighted by molar-refractivity contribution is 6.33. The number of benzene rings is 1. The number of esters is 1. The lowest BCUT2D eigenvalue weighted by Crippen LogP contribution is -2.17. The molecule has 0 aliphatic heterocycles. The molecule has 0 spiro atoms. The van der Waals surface area contributed by atoms with Crippen LogP contribution in [0.4, 0.5) is 0 Å². The zero-order chi connectivity index (χ0) is 13.9. The van der Waals surface area contributed by atoms with Gasteiger partial charge in [-0.25, -0.2) is 0 Å². The molecule has 0 saturated carbocycles. The van der Waals surface area contributed by atoms with Crippen molar-refractivity contribution in [3.05, 3.63) is 28.8 Å². The third-order valence-corrected chi connectivity index (χ3v) is 2.92. The number of ether oxygens (including phenoxy) is 1. The zero-order valence-electron chi connectivity index (χ0n) is 11.7. The predicted octanol–water partition coefficient (Wildman–Crippen LogP) is 4.81. The number of rotatable bonds is 3. The van der Waals surface area contributed by atoms with Crippen LogP contribution >= 0.6 is 11.6 Å². The molecule has 0 aliphatic carbocycles. The van der Waals surface area contributed by atoms with Gasteiger partial charge in [0.1, 0.15) is 5.75 Å². The summed E-state index contributed by atoms with van der Waals surface area (Å²) in [6.07, 6.45) is 0.370. The number of halogens is 1. The monoisotopic (exact) mass is 268 g/mol. The fourth-order valence-corrected chi connectivity index (χ4v) is 2.03. The van der Waals surface area contributed by atoms with Crippen LogP contribution < -0.4 is 4.74 Å². The van der Waals surface area contributed by atoms with Gasteiger partial charge < -0.3 is 4.74 Å². The lowest BCUT2D eigenvalue weighted by Gasteiger charge is -2.17. The van der Waals surface area contributed by atoms with Crippen molar-refractivity contribution in [3.63, 3.8) is 0 Å². The summed E-state index contributed by atoms with van der Waals surface area (Å²) < 4.78 is 5.34. The van der Waals surface area contributed by atoms with E-state index in [-0.39, 0.29) is 11.4 Å². The lowest BCUT2D eigenvalue weighted by molar-refractivity contribution is -0.136. The predicted molar refractivity (Wildman–Crippen MR) is 75.2 cm³/mol. The van der Waals surface area contributed by atoms with Gasteiger partial charge >= 0.3 is 5.97 Å². The fraction of sp³-hybridized carbons (Fsp3) is 0.533. The summed E-state index contributed by atoms with van der Waals surface area (Å²) in [6.45, 7) is 10.1. The quantitative estimate of drug-likeness (QED) is 0.581. The van der Waals surface area contributed by atoms with Gasteiger partial charge in [0.25, 0.3) is 0 Å². The van der Waals surface area contributed by atoms with E-state index >= 15 is 0 Å². The highest BCUT2D eigenvalue weighted by Gasteiger charge is 2.19. The molecule has 100 valence electrons. The van der Waals surface area contributed by atoms with Gasteiger partial charge in [0, 0.05) is 0 Å². The van der Waals surface area contributed by atoms with Gasteiger partial charge in [0.2, 0.25) is 0 Å². The van der Waals surface area contributed by atoms with Crippen LogP contribution in [0.2, 0.25) is 5.02 Å². The van der Waals surface area contributed by atoms with Crippen molar-refractivity contribution < 1.29 is 9.53 Å². The SMILES string of the molecule is CC(C)c1cccc(OC(=O)CC(C)(C)C)c1Cl. The zero-order valence-corrected chi connectivity index (χ0v) is 12.5. The Morgan fingerprint density at radius 3 is 2.44 bits per heavy atom. The summed E-state index contributed by atoms with van der Waals surface area (Å²) in [5.74, 6) is 0.515.